The van der Waals surface area contributed by atoms with Crippen molar-refractivity contribution in [3.8, 4) is 0 Å². The number of nitrogens with zero attached hydrogens (tertiary/aromatic N) is 3. The van der Waals surface area contributed by atoms with E-state index in [9.17, 15) is 14.0 Å². The molecule has 2 saturated heterocycles. The van der Waals surface area contributed by atoms with E-state index in [0.29, 0.717) is 49.9 Å². The first-order valence-corrected chi connectivity index (χ1v) is 10.8. The lowest BCUT2D eigenvalue weighted by molar-refractivity contribution is 0.00693. The Morgan fingerprint density at radius 2 is 1.77 bits per heavy atom. The van der Waals surface area contributed by atoms with Gasteiger partial charge in [0.2, 0.25) is 0 Å². The smallest absolute Gasteiger partial charge is 0.317 e. The summed E-state index contributed by atoms with van der Waals surface area (Å²) in [7, 11) is 0. The van der Waals surface area contributed by atoms with Gasteiger partial charge in [-0.15, -0.1) is 0 Å². The highest BCUT2D eigenvalue weighted by atomic mass is 19.1. The lowest BCUT2D eigenvalue weighted by Crippen LogP contribution is -2.55. The molecule has 2 amide bonds. The zero-order valence-corrected chi connectivity index (χ0v) is 18.2. The summed E-state index contributed by atoms with van der Waals surface area (Å²) in [6.07, 6.45) is 0. The number of rotatable bonds is 6. The number of ether oxygens (including phenoxy) is 1. The van der Waals surface area contributed by atoms with Crippen LogP contribution in [0.2, 0.25) is 0 Å². The van der Waals surface area contributed by atoms with Crippen molar-refractivity contribution < 1.29 is 18.7 Å². The van der Waals surface area contributed by atoms with Crippen LogP contribution in [0.1, 0.15) is 31.1 Å². The minimum Gasteiger partial charge on any atom is -0.379 e. The molecule has 1 aromatic rings. The van der Waals surface area contributed by atoms with E-state index in [4.69, 9.17) is 4.74 Å². The van der Waals surface area contributed by atoms with Crippen molar-refractivity contribution in [3.63, 3.8) is 0 Å². The zero-order chi connectivity index (χ0) is 21.7. The Hall–Kier alpha value is -2.19. The summed E-state index contributed by atoms with van der Waals surface area (Å²) in [5, 5.41) is 3.09. The van der Waals surface area contributed by atoms with Gasteiger partial charge in [-0.3, -0.25) is 9.69 Å². The molecular weight excluding hydrogens is 387 g/mol. The van der Waals surface area contributed by atoms with Crippen molar-refractivity contribution in [1.29, 1.82) is 0 Å². The highest BCUT2D eigenvalue weighted by Gasteiger charge is 2.27. The molecule has 1 atom stereocenters. The molecule has 7 nitrogen and oxygen atoms in total. The second-order valence-corrected chi connectivity index (χ2v) is 8.34. The number of hydrogen-bond acceptors (Lipinski definition) is 5. The molecule has 0 spiro atoms. The van der Waals surface area contributed by atoms with Gasteiger partial charge in [-0.25, -0.2) is 9.18 Å². The van der Waals surface area contributed by atoms with Crippen LogP contribution >= 0.6 is 0 Å². The number of morpholine rings is 1. The molecule has 0 aromatic heterocycles. The number of anilines is 1. The number of carbonyl (C=O) groups is 2. The summed E-state index contributed by atoms with van der Waals surface area (Å²) in [6.45, 7) is 11.8. The Morgan fingerprint density at radius 1 is 1.10 bits per heavy atom. The average Bonchev–Trinajstić information content (AvgIpc) is 2.74. The van der Waals surface area contributed by atoms with Crippen molar-refractivity contribution in [3.05, 3.63) is 29.6 Å². The minimum atomic E-state index is -0.397. The van der Waals surface area contributed by atoms with Gasteiger partial charge in [0, 0.05) is 57.4 Å². The Morgan fingerprint density at radius 3 is 2.33 bits per heavy atom. The molecule has 2 aliphatic heterocycles. The predicted molar refractivity (Wildman–Crippen MR) is 115 cm³/mol. The first kappa shape index (κ1) is 22.5. The fraction of sp³-hybridized carbons (Fsp3) is 0.636. The topological polar surface area (TPSA) is 65.1 Å². The maximum atomic E-state index is 14.4. The summed E-state index contributed by atoms with van der Waals surface area (Å²) in [4.78, 5) is 30.2. The molecule has 8 heteroatoms. The van der Waals surface area contributed by atoms with E-state index in [1.54, 1.807) is 17.0 Å². The van der Waals surface area contributed by atoms with E-state index in [2.05, 4.69) is 24.1 Å². The van der Waals surface area contributed by atoms with Crippen LogP contribution < -0.4 is 10.2 Å². The third-order valence-electron chi connectivity index (χ3n) is 6.01. The normalized spacial score (nSPS) is 19.1. The standard InChI is InChI=1S/C22H33FN4O3/c1-16(2)21(26-10-12-30-13-11-26)15-24-22(29)27-8-6-25(7-9-27)20-5-4-18(17(3)28)14-19(20)23/h4-5,14,16,21H,6-13,15H2,1-3H3,(H,24,29)/t21-/m1/s1. The monoisotopic (exact) mass is 420 g/mol. The molecule has 30 heavy (non-hydrogen) atoms. The number of carbonyl (C=O) groups excluding carboxylic acids is 2. The van der Waals surface area contributed by atoms with Gasteiger partial charge >= 0.3 is 6.03 Å². The number of urea groups is 1. The molecule has 0 bridgehead atoms. The van der Waals surface area contributed by atoms with Gasteiger partial charge in [-0.2, -0.15) is 0 Å². The summed E-state index contributed by atoms with van der Waals surface area (Å²) in [6, 6.07) is 4.80. The summed E-state index contributed by atoms with van der Waals surface area (Å²) in [5.41, 5.74) is 0.849. The summed E-state index contributed by atoms with van der Waals surface area (Å²) >= 11 is 0. The molecule has 2 aliphatic rings. The van der Waals surface area contributed by atoms with Crippen molar-refractivity contribution in [2.24, 2.45) is 5.92 Å². The van der Waals surface area contributed by atoms with Crippen LogP contribution in [0.25, 0.3) is 0 Å². The lowest BCUT2D eigenvalue weighted by atomic mass is 10.0. The molecule has 0 saturated carbocycles. The van der Waals surface area contributed by atoms with E-state index in [0.717, 1.165) is 26.3 Å². The molecular formula is C22H33FN4O3. The SMILES string of the molecule is CC(=O)c1ccc(N2CCN(C(=O)NC[C@H](C(C)C)N3CCOCC3)CC2)c(F)c1. The van der Waals surface area contributed by atoms with Crippen LogP contribution in [-0.4, -0.2) is 86.7 Å². The fourth-order valence-electron chi connectivity index (χ4n) is 4.13. The maximum Gasteiger partial charge on any atom is 0.317 e. The molecule has 1 aromatic carbocycles. The molecule has 2 fully saturated rings. The number of amides is 2. The maximum absolute atomic E-state index is 14.4. The zero-order valence-electron chi connectivity index (χ0n) is 18.2. The van der Waals surface area contributed by atoms with Crippen LogP contribution in [0.3, 0.4) is 0 Å². The lowest BCUT2D eigenvalue weighted by Gasteiger charge is -2.38. The second kappa shape index (κ2) is 10.2. The van der Waals surface area contributed by atoms with Crippen molar-refractivity contribution in [2.75, 3.05) is 63.9 Å². The van der Waals surface area contributed by atoms with Gasteiger partial charge in [0.05, 0.1) is 18.9 Å². The number of piperazine rings is 1. The molecule has 1 N–H and O–H groups in total. The van der Waals surface area contributed by atoms with Crippen LogP contribution in [0, 0.1) is 11.7 Å². The first-order chi connectivity index (χ1) is 14.4. The molecule has 0 radical (unpaired) electrons. The quantitative estimate of drug-likeness (QED) is 0.715. The average molecular weight is 421 g/mol. The van der Waals surface area contributed by atoms with Gasteiger partial charge in [0.25, 0.3) is 0 Å². The number of Topliss-reactive ketones (excluding diaryl/α,β-unsaturated/α-hetero) is 1. The Labute approximate surface area is 178 Å². The van der Waals surface area contributed by atoms with E-state index >= 15 is 0 Å². The minimum absolute atomic E-state index is 0.0686. The number of hydrogen-bond donors (Lipinski definition) is 1. The van der Waals surface area contributed by atoms with Crippen LogP contribution in [0.4, 0.5) is 14.9 Å². The third-order valence-corrected chi connectivity index (χ3v) is 6.01. The Kier molecular flexibility index (Phi) is 7.66. The highest BCUT2D eigenvalue weighted by Crippen LogP contribution is 2.22. The number of ketones is 1. The second-order valence-electron chi connectivity index (χ2n) is 8.34. The van der Waals surface area contributed by atoms with Crippen molar-refractivity contribution in [1.82, 2.24) is 15.1 Å². The fourth-order valence-corrected chi connectivity index (χ4v) is 4.13. The predicted octanol–water partition coefficient (Wildman–Crippen LogP) is 2.22. The Balaban J connectivity index is 1.50. The van der Waals surface area contributed by atoms with E-state index in [1.807, 2.05) is 4.90 Å². The van der Waals surface area contributed by atoms with Crippen LogP contribution in [0.15, 0.2) is 18.2 Å². The van der Waals surface area contributed by atoms with Gasteiger partial charge in [-0.1, -0.05) is 13.8 Å². The third kappa shape index (κ3) is 5.49. The molecule has 0 unspecified atom stereocenters. The van der Waals surface area contributed by atoms with Gasteiger partial charge in [0.1, 0.15) is 5.82 Å². The van der Waals surface area contributed by atoms with Gasteiger partial charge < -0.3 is 19.9 Å². The van der Waals surface area contributed by atoms with Gasteiger partial charge in [-0.05, 0) is 31.0 Å². The molecule has 166 valence electrons. The van der Waals surface area contributed by atoms with Crippen molar-refractivity contribution in [2.45, 2.75) is 26.8 Å². The van der Waals surface area contributed by atoms with E-state index in [-0.39, 0.29) is 17.9 Å². The van der Waals surface area contributed by atoms with Crippen LogP contribution in [-0.2, 0) is 4.74 Å². The number of nitrogens with one attached hydrogen (secondary N) is 1. The Bertz CT molecular complexity index is 744. The van der Waals surface area contributed by atoms with Gasteiger partial charge in [0.15, 0.2) is 5.78 Å². The molecule has 2 heterocycles. The summed E-state index contributed by atoms with van der Waals surface area (Å²) in [5.74, 6) is -0.120. The van der Waals surface area contributed by atoms with Crippen molar-refractivity contribution >= 4 is 17.5 Å². The molecule has 3 rings (SSSR count). The van der Waals surface area contributed by atoms with E-state index < -0.39 is 5.82 Å². The largest absolute Gasteiger partial charge is 0.379 e. The molecule has 0 aliphatic carbocycles. The van der Waals surface area contributed by atoms with Crippen LogP contribution in [0.5, 0.6) is 0 Å². The van der Waals surface area contributed by atoms with E-state index in [1.165, 1.54) is 13.0 Å². The number of benzene rings is 1. The highest BCUT2D eigenvalue weighted by molar-refractivity contribution is 5.94. The number of halogens is 1. The first-order valence-electron chi connectivity index (χ1n) is 10.8. The summed E-state index contributed by atoms with van der Waals surface area (Å²) < 4.78 is 19.9.